The minimum absolute atomic E-state index is 0.155. The maximum atomic E-state index is 11.8. The maximum Gasteiger partial charge on any atom is 0.220 e. The minimum Gasteiger partial charge on any atom is -0.352 e. The summed E-state index contributed by atoms with van der Waals surface area (Å²) < 4.78 is 0. The highest BCUT2D eigenvalue weighted by Gasteiger charge is 2.28. The molecule has 0 aromatic heterocycles. The molecule has 0 saturated heterocycles. The van der Waals surface area contributed by atoms with Crippen molar-refractivity contribution in [3.8, 4) is 0 Å². The standard InChI is InChI=1S/C16H23N3O/c17-14-7-8-15(14)18-16(20)6-3-9-19-10-12-4-1-2-5-13(12)11-19/h1-2,4-5,14-15H,3,6-11,17H2,(H,18,20)/t14-,15+/m1/s1. The average Bonchev–Trinajstić information content (AvgIpc) is 2.86. The van der Waals surface area contributed by atoms with E-state index in [2.05, 4.69) is 34.5 Å². The van der Waals surface area contributed by atoms with Crippen molar-refractivity contribution in [2.45, 2.75) is 50.9 Å². The second-order valence-electron chi connectivity index (χ2n) is 6.00. The summed E-state index contributed by atoms with van der Waals surface area (Å²) in [6.45, 7) is 3.02. The Morgan fingerprint density at radius 1 is 1.25 bits per heavy atom. The molecular weight excluding hydrogens is 250 g/mol. The third-order valence-electron chi connectivity index (χ3n) is 4.46. The van der Waals surface area contributed by atoms with Gasteiger partial charge in [0.1, 0.15) is 0 Å². The van der Waals surface area contributed by atoms with E-state index in [1.807, 2.05) is 0 Å². The molecule has 1 saturated carbocycles. The summed E-state index contributed by atoms with van der Waals surface area (Å²) in [6.07, 6.45) is 3.60. The van der Waals surface area contributed by atoms with Crippen LogP contribution in [-0.4, -0.2) is 29.4 Å². The van der Waals surface area contributed by atoms with E-state index in [1.165, 1.54) is 11.1 Å². The Kier molecular flexibility index (Phi) is 4.03. The number of hydrogen-bond donors (Lipinski definition) is 2. The molecule has 1 aromatic rings. The Hall–Kier alpha value is -1.39. The third-order valence-corrected chi connectivity index (χ3v) is 4.46. The van der Waals surface area contributed by atoms with E-state index in [4.69, 9.17) is 5.73 Å². The smallest absolute Gasteiger partial charge is 0.220 e. The fraction of sp³-hybridized carbons (Fsp3) is 0.562. The molecule has 4 heteroatoms. The van der Waals surface area contributed by atoms with E-state index < -0.39 is 0 Å². The highest BCUT2D eigenvalue weighted by molar-refractivity contribution is 5.76. The van der Waals surface area contributed by atoms with E-state index in [0.717, 1.165) is 38.9 Å². The van der Waals surface area contributed by atoms with Gasteiger partial charge in [-0.25, -0.2) is 0 Å². The zero-order valence-corrected chi connectivity index (χ0v) is 11.8. The van der Waals surface area contributed by atoms with Gasteiger partial charge in [0.15, 0.2) is 0 Å². The van der Waals surface area contributed by atoms with Crippen molar-refractivity contribution >= 4 is 5.91 Å². The number of nitrogens with two attached hydrogens (primary N) is 1. The number of benzene rings is 1. The highest BCUT2D eigenvalue weighted by Crippen LogP contribution is 2.22. The average molecular weight is 273 g/mol. The Bertz CT molecular complexity index is 463. The van der Waals surface area contributed by atoms with Crippen molar-refractivity contribution in [2.75, 3.05) is 6.54 Å². The lowest BCUT2D eigenvalue weighted by molar-refractivity contribution is -0.122. The summed E-state index contributed by atoms with van der Waals surface area (Å²) in [5, 5.41) is 3.03. The second-order valence-corrected chi connectivity index (χ2v) is 6.00. The first-order valence-electron chi connectivity index (χ1n) is 7.56. The first-order chi connectivity index (χ1) is 9.72. The van der Waals surface area contributed by atoms with Gasteiger partial charge in [-0.3, -0.25) is 9.69 Å². The van der Waals surface area contributed by atoms with Crippen molar-refractivity contribution in [3.05, 3.63) is 35.4 Å². The Morgan fingerprint density at radius 3 is 2.50 bits per heavy atom. The molecule has 108 valence electrons. The van der Waals surface area contributed by atoms with Gasteiger partial charge in [0.25, 0.3) is 0 Å². The van der Waals surface area contributed by atoms with Gasteiger partial charge in [-0.05, 0) is 36.9 Å². The molecule has 1 amide bonds. The maximum absolute atomic E-state index is 11.8. The van der Waals surface area contributed by atoms with Crippen LogP contribution in [0.3, 0.4) is 0 Å². The lowest BCUT2D eigenvalue weighted by Gasteiger charge is -2.34. The van der Waals surface area contributed by atoms with Crippen molar-refractivity contribution in [1.29, 1.82) is 0 Å². The van der Waals surface area contributed by atoms with Gasteiger partial charge in [0, 0.05) is 31.6 Å². The normalized spacial score (nSPS) is 25.1. The van der Waals surface area contributed by atoms with Crippen LogP contribution in [0.1, 0.15) is 36.8 Å². The number of nitrogens with one attached hydrogen (secondary N) is 1. The van der Waals surface area contributed by atoms with Crippen LogP contribution < -0.4 is 11.1 Å². The van der Waals surface area contributed by atoms with Crippen LogP contribution in [0.25, 0.3) is 0 Å². The van der Waals surface area contributed by atoms with Crippen LogP contribution in [0.5, 0.6) is 0 Å². The molecule has 1 aliphatic carbocycles. The molecule has 1 aromatic carbocycles. The van der Waals surface area contributed by atoms with Gasteiger partial charge in [-0.2, -0.15) is 0 Å². The fourth-order valence-electron chi connectivity index (χ4n) is 3.01. The van der Waals surface area contributed by atoms with Gasteiger partial charge in [0.05, 0.1) is 0 Å². The fourth-order valence-corrected chi connectivity index (χ4v) is 3.01. The number of carbonyl (C=O) groups is 1. The van der Waals surface area contributed by atoms with Gasteiger partial charge >= 0.3 is 0 Å². The molecule has 1 aliphatic heterocycles. The molecule has 2 atom stereocenters. The summed E-state index contributed by atoms with van der Waals surface area (Å²) in [5.41, 5.74) is 8.68. The van der Waals surface area contributed by atoms with E-state index in [9.17, 15) is 4.79 Å². The third kappa shape index (κ3) is 3.02. The Morgan fingerprint density at radius 2 is 1.95 bits per heavy atom. The van der Waals surface area contributed by atoms with Gasteiger partial charge < -0.3 is 11.1 Å². The van der Waals surface area contributed by atoms with Crippen molar-refractivity contribution in [1.82, 2.24) is 10.2 Å². The molecule has 1 heterocycles. The summed E-state index contributed by atoms with van der Waals surface area (Å²) in [4.78, 5) is 14.2. The Labute approximate surface area is 120 Å². The topological polar surface area (TPSA) is 58.4 Å². The molecule has 2 aliphatic rings. The molecule has 3 N–H and O–H groups in total. The summed E-state index contributed by atoms with van der Waals surface area (Å²) in [6, 6.07) is 8.97. The van der Waals surface area contributed by atoms with Crippen LogP contribution >= 0.6 is 0 Å². The molecule has 4 nitrogen and oxygen atoms in total. The number of nitrogens with zero attached hydrogens (tertiary/aromatic N) is 1. The van der Waals surface area contributed by atoms with Crippen molar-refractivity contribution in [2.24, 2.45) is 5.73 Å². The highest BCUT2D eigenvalue weighted by atomic mass is 16.1. The first-order valence-corrected chi connectivity index (χ1v) is 7.56. The molecule has 0 radical (unpaired) electrons. The summed E-state index contributed by atoms with van der Waals surface area (Å²) >= 11 is 0. The van der Waals surface area contributed by atoms with E-state index in [0.29, 0.717) is 6.42 Å². The zero-order chi connectivity index (χ0) is 13.9. The van der Waals surface area contributed by atoms with Gasteiger partial charge in [-0.1, -0.05) is 24.3 Å². The van der Waals surface area contributed by atoms with E-state index in [-0.39, 0.29) is 18.0 Å². The number of amides is 1. The Balaban J connectivity index is 1.36. The predicted octanol–water partition coefficient (Wildman–Crippen LogP) is 1.39. The molecule has 0 bridgehead atoms. The SMILES string of the molecule is N[C@@H]1CC[C@@H]1NC(=O)CCCN1Cc2ccccc2C1. The molecule has 1 fully saturated rings. The number of rotatable bonds is 5. The van der Waals surface area contributed by atoms with Crippen LogP contribution in [0.2, 0.25) is 0 Å². The number of hydrogen-bond acceptors (Lipinski definition) is 3. The summed E-state index contributed by atoms with van der Waals surface area (Å²) in [5.74, 6) is 0.155. The van der Waals surface area contributed by atoms with Crippen LogP contribution in [0.15, 0.2) is 24.3 Å². The number of carbonyl (C=O) groups excluding carboxylic acids is 1. The van der Waals surface area contributed by atoms with Crippen molar-refractivity contribution < 1.29 is 4.79 Å². The lowest BCUT2D eigenvalue weighted by atomic mass is 9.87. The largest absolute Gasteiger partial charge is 0.352 e. The van der Waals surface area contributed by atoms with Gasteiger partial charge in [-0.15, -0.1) is 0 Å². The monoisotopic (exact) mass is 273 g/mol. The molecule has 20 heavy (non-hydrogen) atoms. The molecule has 0 spiro atoms. The minimum atomic E-state index is 0.155. The second kappa shape index (κ2) is 5.94. The zero-order valence-electron chi connectivity index (χ0n) is 11.8. The van der Waals surface area contributed by atoms with Crippen LogP contribution in [0.4, 0.5) is 0 Å². The van der Waals surface area contributed by atoms with Crippen LogP contribution in [0, 0.1) is 0 Å². The van der Waals surface area contributed by atoms with Gasteiger partial charge in [0.2, 0.25) is 5.91 Å². The number of fused-ring (bicyclic) bond motifs is 1. The summed E-state index contributed by atoms with van der Waals surface area (Å²) in [7, 11) is 0. The van der Waals surface area contributed by atoms with E-state index >= 15 is 0 Å². The van der Waals surface area contributed by atoms with Crippen LogP contribution in [-0.2, 0) is 17.9 Å². The van der Waals surface area contributed by atoms with Crippen molar-refractivity contribution in [3.63, 3.8) is 0 Å². The lowest BCUT2D eigenvalue weighted by Crippen LogP contribution is -2.54. The quantitative estimate of drug-likeness (QED) is 0.852. The molecular formula is C16H23N3O. The first kappa shape index (κ1) is 13.6. The molecule has 3 rings (SSSR count). The predicted molar refractivity (Wildman–Crippen MR) is 78.9 cm³/mol. The molecule has 0 unspecified atom stereocenters. The van der Waals surface area contributed by atoms with E-state index in [1.54, 1.807) is 0 Å².